The van der Waals surface area contributed by atoms with E-state index in [1.54, 1.807) is 23.1 Å². The number of likely N-dealkylation sites (tertiary alicyclic amines) is 1. The Labute approximate surface area is 155 Å². The average Bonchev–Trinajstić information content (AvgIpc) is 3.22. The van der Waals surface area contributed by atoms with Crippen LogP contribution in [-0.4, -0.2) is 34.9 Å². The van der Waals surface area contributed by atoms with Crippen molar-refractivity contribution in [2.45, 2.75) is 25.4 Å². The molecule has 2 aromatic heterocycles. The first-order valence-electron chi connectivity index (χ1n) is 8.98. The molecule has 7 heteroatoms. The van der Waals surface area contributed by atoms with Crippen molar-refractivity contribution in [2.75, 3.05) is 13.1 Å². The molecule has 0 radical (unpaired) electrons. The van der Waals surface area contributed by atoms with E-state index in [0.29, 0.717) is 36.5 Å². The number of rotatable bonds is 4. The third kappa shape index (κ3) is 3.64. The van der Waals surface area contributed by atoms with E-state index >= 15 is 0 Å². The molecule has 1 unspecified atom stereocenters. The van der Waals surface area contributed by atoms with Crippen LogP contribution in [-0.2, 0) is 6.54 Å². The minimum Gasteiger partial charge on any atom is -0.459 e. The molecule has 2 N–H and O–H groups in total. The fraction of sp³-hybridized carbons (Fsp3) is 0.300. The highest BCUT2D eigenvalue weighted by Crippen LogP contribution is 2.16. The molecule has 1 atom stereocenters. The van der Waals surface area contributed by atoms with Gasteiger partial charge < -0.3 is 19.6 Å². The summed E-state index contributed by atoms with van der Waals surface area (Å²) in [5.74, 6) is -0.225. The minimum atomic E-state index is -0.445. The lowest BCUT2D eigenvalue weighted by Gasteiger charge is -2.32. The van der Waals surface area contributed by atoms with Gasteiger partial charge in [-0.3, -0.25) is 9.59 Å². The van der Waals surface area contributed by atoms with Gasteiger partial charge >= 0.3 is 0 Å². The van der Waals surface area contributed by atoms with Crippen LogP contribution in [0.3, 0.4) is 0 Å². The predicted molar refractivity (Wildman–Crippen MR) is 99.0 cm³/mol. The number of amides is 1. The number of para-hydroxylation sites is 1. The van der Waals surface area contributed by atoms with E-state index in [1.165, 1.54) is 24.5 Å². The third-order valence-electron chi connectivity index (χ3n) is 4.89. The lowest BCUT2D eigenvalue weighted by atomic mass is 10.1. The van der Waals surface area contributed by atoms with E-state index < -0.39 is 5.82 Å². The van der Waals surface area contributed by atoms with E-state index in [9.17, 15) is 14.0 Å². The number of aromatic nitrogens is 1. The number of piperidine rings is 1. The smallest absolute Gasteiger partial charge is 0.289 e. The molecule has 0 spiro atoms. The van der Waals surface area contributed by atoms with Crippen molar-refractivity contribution in [3.63, 3.8) is 0 Å². The number of aromatic amines is 1. The fourth-order valence-corrected chi connectivity index (χ4v) is 3.52. The first-order valence-corrected chi connectivity index (χ1v) is 8.98. The Morgan fingerprint density at radius 1 is 1.33 bits per heavy atom. The topological polar surface area (TPSA) is 78.3 Å². The van der Waals surface area contributed by atoms with Gasteiger partial charge in [0.05, 0.1) is 11.8 Å². The number of pyridine rings is 1. The zero-order chi connectivity index (χ0) is 18.8. The van der Waals surface area contributed by atoms with Crippen molar-refractivity contribution < 1.29 is 13.6 Å². The molecule has 1 aliphatic rings. The zero-order valence-corrected chi connectivity index (χ0v) is 14.7. The summed E-state index contributed by atoms with van der Waals surface area (Å²) in [6.07, 6.45) is 3.29. The van der Waals surface area contributed by atoms with Gasteiger partial charge in [0.15, 0.2) is 11.2 Å². The SMILES string of the molecule is O=C(c1ccco1)N1CCCC(NCc2cc(=O)c3cccc(F)c3[nH]2)C1. The molecule has 1 aromatic carbocycles. The predicted octanol–water partition coefficient (Wildman–Crippen LogP) is 2.65. The maximum Gasteiger partial charge on any atom is 0.289 e. The highest BCUT2D eigenvalue weighted by molar-refractivity contribution is 5.91. The van der Waals surface area contributed by atoms with E-state index in [-0.39, 0.29) is 22.9 Å². The fourth-order valence-electron chi connectivity index (χ4n) is 3.52. The Morgan fingerprint density at radius 2 is 2.22 bits per heavy atom. The van der Waals surface area contributed by atoms with Crippen molar-refractivity contribution in [3.05, 3.63) is 70.2 Å². The second-order valence-corrected chi connectivity index (χ2v) is 6.77. The Hall–Kier alpha value is -2.93. The Bertz CT molecular complexity index is 1010. The van der Waals surface area contributed by atoms with Crippen molar-refractivity contribution in [3.8, 4) is 0 Å². The maximum atomic E-state index is 14.0. The monoisotopic (exact) mass is 369 g/mol. The normalized spacial score (nSPS) is 17.4. The number of nitrogens with zero attached hydrogens (tertiary/aromatic N) is 1. The summed E-state index contributed by atoms with van der Waals surface area (Å²) in [5.41, 5.74) is 0.630. The number of nitrogens with one attached hydrogen (secondary N) is 2. The molecule has 1 fully saturated rings. The number of carbonyl (C=O) groups is 1. The third-order valence-corrected chi connectivity index (χ3v) is 4.89. The second kappa shape index (κ2) is 7.36. The van der Waals surface area contributed by atoms with Gasteiger partial charge in [0.25, 0.3) is 5.91 Å². The van der Waals surface area contributed by atoms with Crippen LogP contribution in [0.1, 0.15) is 29.1 Å². The molecule has 0 aliphatic carbocycles. The van der Waals surface area contributed by atoms with Gasteiger partial charge in [-0.1, -0.05) is 6.07 Å². The van der Waals surface area contributed by atoms with Crippen molar-refractivity contribution in [1.82, 2.24) is 15.2 Å². The number of carbonyl (C=O) groups excluding carboxylic acids is 1. The van der Waals surface area contributed by atoms with Crippen LogP contribution in [0.4, 0.5) is 4.39 Å². The van der Waals surface area contributed by atoms with Crippen molar-refractivity contribution >= 4 is 16.8 Å². The highest BCUT2D eigenvalue weighted by Gasteiger charge is 2.25. The number of halogens is 1. The number of H-pyrrole nitrogens is 1. The molecule has 1 aliphatic heterocycles. The number of furan rings is 1. The van der Waals surface area contributed by atoms with Gasteiger partial charge in [0.2, 0.25) is 0 Å². The van der Waals surface area contributed by atoms with Crippen LogP contribution >= 0.6 is 0 Å². The first kappa shape index (κ1) is 17.5. The Morgan fingerprint density at radius 3 is 3.04 bits per heavy atom. The average molecular weight is 369 g/mol. The van der Waals surface area contributed by atoms with Crippen molar-refractivity contribution in [1.29, 1.82) is 0 Å². The standard InChI is InChI=1S/C20H20FN3O3/c21-16-6-1-5-15-17(25)10-14(23-19(15)16)11-22-13-4-2-8-24(12-13)20(26)18-7-3-9-27-18/h1,3,5-7,9-10,13,22H,2,4,8,11-12H2,(H,23,25). The number of hydrogen-bond donors (Lipinski definition) is 2. The summed E-state index contributed by atoms with van der Waals surface area (Å²) >= 11 is 0. The lowest BCUT2D eigenvalue weighted by Crippen LogP contribution is -2.47. The van der Waals surface area contributed by atoms with Crippen LogP contribution in [0, 0.1) is 5.82 Å². The van der Waals surface area contributed by atoms with Crippen LogP contribution in [0.25, 0.3) is 10.9 Å². The summed E-state index contributed by atoms with van der Waals surface area (Å²) in [7, 11) is 0. The van der Waals surface area contributed by atoms with Gasteiger partial charge in [-0.2, -0.15) is 0 Å². The van der Waals surface area contributed by atoms with Gasteiger partial charge in [-0.25, -0.2) is 4.39 Å². The van der Waals surface area contributed by atoms with Gasteiger partial charge in [-0.05, 0) is 37.1 Å². The molecule has 0 saturated carbocycles. The first-order chi connectivity index (χ1) is 13.1. The molecule has 4 rings (SSSR count). The van der Waals surface area contributed by atoms with E-state index in [2.05, 4.69) is 10.3 Å². The summed E-state index contributed by atoms with van der Waals surface area (Å²) in [6, 6.07) is 9.40. The van der Waals surface area contributed by atoms with Crippen LogP contribution in [0.5, 0.6) is 0 Å². The largest absolute Gasteiger partial charge is 0.459 e. The number of fused-ring (bicyclic) bond motifs is 1. The highest BCUT2D eigenvalue weighted by atomic mass is 19.1. The van der Waals surface area contributed by atoms with E-state index in [4.69, 9.17) is 4.42 Å². The molecule has 27 heavy (non-hydrogen) atoms. The summed E-state index contributed by atoms with van der Waals surface area (Å²) in [4.78, 5) is 29.4. The molecule has 3 heterocycles. The quantitative estimate of drug-likeness (QED) is 0.741. The minimum absolute atomic E-state index is 0.0949. The summed E-state index contributed by atoms with van der Waals surface area (Å²) < 4.78 is 19.2. The second-order valence-electron chi connectivity index (χ2n) is 6.77. The van der Waals surface area contributed by atoms with Gasteiger partial charge in [0, 0.05) is 42.8 Å². The van der Waals surface area contributed by atoms with Crippen LogP contribution in [0.15, 0.2) is 51.9 Å². The van der Waals surface area contributed by atoms with Crippen LogP contribution < -0.4 is 10.7 Å². The molecular weight excluding hydrogens is 349 g/mol. The molecular formula is C20H20FN3O3. The van der Waals surface area contributed by atoms with Gasteiger partial charge in [-0.15, -0.1) is 0 Å². The molecule has 3 aromatic rings. The summed E-state index contributed by atoms with van der Waals surface area (Å²) in [6.45, 7) is 1.65. The van der Waals surface area contributed by atoms with Crippen molar-refractivity contribution in [2.24, 2.45) is 0 Å². The molecule has 1 saturated heterocycles. The number of hydrogen-bond acceptors (Lipinski definition) is 4. The lowest BCUT2D eigenvalue weighted by molar-refractivity contribution is 0.0662. The zero-order valence-electron chi connectivity index (χ0n) is 14.7. The Kier molecular flexibility index (Phi) is 4.77. The molecule has 140 valence electrons. The molecule has 1 amide bonds. The Balaban J connectivity index is 1.44. The van der Waals surface area contributed by atoms with E-state index in [1.807, 2.05) is 0 Å². The van der Waals surface area contributed by atoms with Crippen LogP contribution in [0.2, 0.25) is 0 Å². The number of benzene rings is 1. The van der Waals surface area contributed by atoms with Gasteiger partial charge in [0.1, 0.15) is 5.82 Å². The maximum absolute atomic E-state index is 14.0. The molecule has 6 nitrogen and oxygen atoms in total. The summed E-state index contributed by atoms with van der Waals surface area (Å²) in [5, 5.41) is 3.70. The molecule has 0 bridgehead atoms. The van der Waals surface area contributed by atoms with E-state index in [0.717, 1.165) is 12.8 Å².